The van der Waals surface area contributed by atoms with Crippen molar-refractivity contribution in [2.75, 3.05) is 0 Å². The first-order valence-electron chi connectivity index (χ1n) is 5.32. The van der Waals surface area contributed by atoms with Crippen molar-refractivity contribution in [3.8, 4) is 0 Å². The maximum absolute atomic E-state index is 13.5. The first-order chi connectivity index (χ1) is 8.16. The van der Waals surface area contributed by atoms with Crippen molar-refractivity contribution in [1.82, 2.24) is 15.3 Å². The van der Waals surface area contributed by atoms with E-state index in [1.165, 1.54) is 12.1 Å². The lowest BCUT2D eigenvalue weighted by Gasteiger charge is -2.14. The fourth-order valence-electron chi connectivity index (χ4n) is 1.61. The molecule has 90 valence electrons. The van der Waals surface area contributed by atoms with Crippen LogP contribution in [0.4, 0.5) is 8.78 Å². The van der Waals surface area contributed by atoms with Gasteiger partial charge in [0.15, 0.2) is 0 Å². The van der Waals surface area contributed by atoms with E-state index in [9.17, 15) is 8.78 Å². The van der Waals surface area contributed by atoms with E-state index < -0.39 is 11.6 Å². The number of halogens is 2. The minimum Gasteiger partial charge on any atom is -0.347 e. The largest absolute Gasteiger partial charge is 0.347 e. The van der Waals surface area contributed by atoms with Gasteiger partial charge in [-0.1, -0.05) is 6.07 Å². The van der Waals surface area contributed by atoms with Gasteiger partial charge in [-0.2, -0.15) is 0 Å². The number of hydrogen-bond acceptors (Lipinski definition) is 2. The molecule has 0 aliphatic carbocycles. The summed E-state index contributed by atoms with van der Waals surface area (Å²) in [7, 11) is 0. The maximum Gasteiger partial charge on any atom is 0.130 e. The molecule has 0 bridgehead atoms. The second kappa shape index (κ2) is 5.05. The second-order valence-corrected chi connectivity index (χ2v) is 3.85. The van der Waals surface area contributed by atoms with Crippen molar-refractivity contribution < 1.29 is 8.78 Å². The number of H-pyrrole nitrogens is 1. The fourth-order valence-corrected chi connectivity index (χ4v) is 1.61. The van der Waals surface area contributed by atoms with E-state index in [1.807, 2.05) is 6.92 Å². The summed E-state index contributed by atoms with van der Waals surface area (Å²) in [6.45, 7) is 2.38. The van der Waals surface area contributed by atoms with Crippen molar-refractivity contribution >= 4 is 0 Å². The number of nitrogens with one attached hydrogen (secondary N) is 2. The number of benzene rings is 1. The summed E-state index contributed by atoms with van der Waals surface area (Å²) in [6.07, 6.45) is 3.28. The normalized spacial score (nSPS) is 12.6. The Morgan fingerprint density at radius 2 is 2.24 bits per heavy atom. The summed E-state index contributed by atoms with van der Waals surface area (Å²) in [5.74, 6) is -1.10. The molecular weight excluding hydrogens is 224 g/mol. The van der Waals surface area contributed by atoms with Gasteiger partial charge in [-0.3, -0.25) is 0 Å². The summed E-state index contributed by atoms with van der Waals surface area (Å²) in [5.41, 5.74) is 1.37. The van der Waals surface area contributed by atoms with Crippen LogP contribution >= 0.6 is 0 Å². The van der Waals surface area contributed by atoms with Gasteiger partial charge in [0, 0.05) is 36.1 Å². The predicted molar refractivity (Wildman–Crippen MR) is 60.2 cm³/mol. The molecule has 2 rings (SSSR count). The van der Waals surface area contributed by atoms with Crippen LogP contribution < -0.4 is 5.32 Å². The van der Waals surface area contributed by atoms with Gasteiger partial charge in [0.2, 0.25) is 0 Å². The Morgan fingerprint density at radius 1 is 1.41 bits per heavy atom. The van der Waals surface area contributed by atoms with Crippen LogP contribution in [0.1, 0.15) is 24.2 Å². The molecule has 1 heterocycles. The lowest BCUT2D eigenvalue weighted by Crippen LogP contribution is -2.19. The Labute approximate surface area is 97.9 Å². The van der Waals surface area contributed by atoms with Crippen LogP contribution in [-0.2, 0) is 6.54 Å². The molecule has 3 nitrogen and oxygen atoms in total. The Kier molecular flexibility index (Phi) is 3.49. The highest BCUT2D eigenvalue weighted by atomic mass is 19.1. The van der Waals surface area contributed by atoms with E-state index in [1.54, 1.807) is 12.5 Å². The molecule has 5 heteroatoms. The number of nitrogens with zero attached hydrogens (tertiary/aromatic N) is 1. The minimum atomic E-state index is -0.563. The Morgan fingerprint density at radius 3 is 2.88 bits per heavy atom. The summed E-state index contributed by atoms with van der Waals surface area (Å²) >= 11 is 0. The molecule has 0 radical (unpaired) electrons. The van der Waals surface area contributed by atoms with Crippen molar-refractivity contribution in [2.45, 2.75) is 19.5 Å². The minimum absolute atomic E-state index is 0.195. The van der Waals surface area contributed by atoms with Gasteiger partial charge >= 0.3 is 0 Å². The molecule has 0 aliphatic heterocycles. The molecule has 0 aliphatic rings. The average Bonchev–Trinajstić information content (AvgIpc) is 2.78. The first kappa shape index (κ1) is 11.7. The Bertz CT molecular complexity index is 483. The molecule has 1 aromatic carbocycles. The highest BCUT2D eigenvalue weighted by Gasteiger charge is 2.11. The average molecular weight is 237 g/mol. The summed E-state index contributed by atoms with van der Waals surface area (Å²) < 4.78 is 26.2. The standard InChI is InChI=1S/C12H13F2N3/c1-8(16-6-10-5-15-7-17-10)11-3-2-9(13)4-12(11)14/h2-5,7-8,16H,6H2,1H3,(H,15,17). The van der Waals surface area contributed by atoms with Gasteiger partial charge in [-0.15, -0.1) is 0 Å². The van der Waals surface area contributed by atoms with Gasteiger partial charge in [0.05, 0.1) is 6.33 Å². The van der Waals surface area contributed by atoms with Crippen LogP contribution in [0, 0.1) is 11.6 Å². The molecule has 1 atom stereocenters. The van der Waals surface area contributed by atoms with Gasteiger partial charge in [-0.25, -0.2) is 13.8 Å². The first-order valence-corrected chi connectivity index (χ1v) is 5.32. The third-order valence-corrected chi connectivity index (χ3v) is 2.58. The topological polar surface area (TPSA) is 40.7 Å². The van der Waals surface area contributed by atoms with Crippen molar-refractivity contribution in [1.29, 1.82) is 0 Å². The molecule has 17 heavy (non-hydrogen) atoms. The highest BCUT2D eigenvalue weighted by Crippen LogP contribution is 2.17. The van der Waals surface area contributed by atoms with Crippen LogP contribution in [0.5, 0.6) is 0 Å². The predicted octanol–water partition coefficient (Wildman–Crippen LogP) is 2.54. The summed E-state index contributed by atoms with van der Waals surface area (Å²) in [4.78, 5) is 6.82. The number of aromatic amines is 1. The fraction of sp³-hybridized carbons (Fsp3) is 0.250. The van der Waals surface area contributed by atoms with Crippen LogP contribution in [0.15, 0.2) is 30.7 Å². The quantitative estimate of drug-likeness (QED) is 0.857. The molecule has 2 aromatic rings. The molecule has 0 fully saturated rings. The van der Waals surface area contributed by atoms with E-state index in [0.29, 0.717) is 12.1 Å². The molecule has 2 N–H and O–H groups in total. The highest BCUT2D eigenvalue weighted by molar-refractivity contribution is 5.21. The Balaban J connectivity index is 2.01. The third-order valence-electron chi connectivity index (χ3n) is 2.58. The monoisotopic (exact) mass is 237 g/mol. The third kappa shape index (κ3) is 2.88. The smallest absolute Gasteiger partial charge is 0.130 e. The molecule has 0 saturated carbocycles. The number of rotatable bonds is 4. The van der Waals surface area contributed by atoms with Gasteiger partial charge in [-0.05, 0) is 13.0 Å². The lowest BCUT2D eigenvalue weighted by molar-refractivity contribution is 0.515. The number of hydrogen-bond donors (Lipinski definition) is 2. The van der Waals surface area contributed by atoms with Crippen molar-refractivity contribution in [3.63, 3.8) is 0 Å². The summed E-state index contributed by atoms with van der Waals surface area (Å²) in [6, 6.07) is 3.41. The van der Waals surface area contributed by atoms with Crippen LogP contribution in [0.2, 0.25) is 0 Å². The molecule has 1 unspecified atom stereocenters. The van der Waals surface area contributed by atoms with E-state index in [2.05, 4.69) is 15.3 Å². The zero-order chi connectivity index (χ0) is 12.3. The van der Waals surface area contributed by atoms with Crippen LogP contribution in [0.25, 0.3) is 0 Å². The van der Waals surface area contributed by atoms with E-state index in [4.69, 9.17) is 0 Å². The van der Waals surface area contributed by atoms with Crippen LogP contribution in [0.3, 0.4) is 0 Å². The van der Waals surface area contributed by atoms with Crippen molar-refractivity contribution in [3.05, 3.63) is 53.6 Å². The Hall–Kier alpha value is -1.75. The molecule has 0 amide bonds. The maximum atomic E-state index is 13.5. The zero-order valence-corrected chi connectivity index (χ0v) is 9.37. The summed E-state index contributed by atoms with van der Waals surface area (Å²) in [5, 5.41) is 3.13. The van der Waals surface area contributed by atoms with E-state index in [0.717, 1.165) is 11.8 Å². The van der Waals surface area contributed by atoms with Gasteiger partial charge in [0.25, 0.3) is 0 Å². The lowest BCUT2D eigenvalue weighted by atomic mass is 10.1. The van der Waals surface area contributed by atoms with E-state index >= 15 is 0 Å². The molecular formula is C12H13F2N3. The van der Waals surface area contributed by atoms with Gasteiger partial charge in [0.1, 0.15) is 11.6 Å². The molecule has 0 saturated heterocycles. The number of aromatic nitrogens is 2. The van der Waals surface area contributed by atoms with Gasteiger partial charge < -0.3 is 10.3 Å². The number of imidazole rings is 1. The SMILES string of the molecule is CC(NCc1cnc[nH]1)c1ccc(F)cc1F. The molecule has 0 spiro atoms. The van der Waals surface area contributed by atoms with Crippen LogP contribution in [-0.4, -0.2) is 9.97 Å². The zero-order valence-electron chi connectivity index (χ0n) is 9.37. The van der Waals surface area contributed by atoms with Crippen molar-refractivity contribution in [2.24, 2.45) is 0 Å². The van der Waals surface area contributed by atoms with E-state index in [-0.39, 0.29) is 6.04 Å². The molecule has 1 aromatic heterocycles. The second-order valence-electron chi connectivity index (χ2n) is 3.85.